The monoisotopic (exact) mass is 300 g/mol. The quantitative estimate of drug-likeness (QED) is 0.936. The van der Waals surface area contributed by atoms with Crippen LogP contribution in [0.1, 0.15) is 23.0 Å². The number of hydrogen-bond donors (Lipinski definition) is 1. The highest BCUT2D eigenvalue weighted by atomic mass is 16.5. The predicted octanol–water partition coefficient (Wildman–Crippen LogP) is 1.82. The molecule has 1 fully saturated rings. The molecule has 1 aliphatic heterocycles. The SMILES string of the molecule is Cc1nn(-c2ccccc2)c(C)c1C(CN)N1CCOCC1. The maximum Gasteiger partial charge on any atom is 0.0649 e. The van der Waals surface area contributed by atoms with Gasteiger partial charge >= 0.3 is 0 Å². The van der Waals surface area contributed by atoms with Crippen LogP contribution in [0.2, 0.25) is 0 Å². The fourth-order valence-electron chi connectivity index (χ4n) is 3.30. The minimum absolute atomic E-state index is 0.210. The molecule has 118 valence electrons. The predicted molar refractivity (Wildman–Crippen MR) is 87.2 cm³/mol. The Morgan fingerprint density at radius 3 is 2.50 bits per heavy atom. The minimum atomic E-state index is 0.210. The third-order valence-electron chi connectivity index (χ3n) is 4.39. The second kappa shape index (κ2) is 6.60. The van der Waals surface area contributed by atoms with Crippen molar-refractivity contribution in [2.24, 2.45) is 5.73 Å². The molecule has 0 radical (unpaired) electrons. The second-order valence-electron chi connectivity index (χ2n) is 5.73. The van der Waals surface area contributed by atoms with Crippen molar-refractivity contribution in [3.8, 4) is 5.69 Å². The standard InChI is InChI=1S/C17H24N4O/c1-13-17(16(12-18)20-8-10-22-11-9-20)14(2)21(19-13)15-6-4-3-5-7-15/h3-7,16H,8-12,18H2,1-2H3. The van der Waals surface area contributed by atoms with Crippen LogP contribution in [-0.4, -0.2) is 47.5 Å². The van der Waals surface area contributed by atoms with Crippen molar-refractivity contribution in [2.45, 2.75) is 19.9 Å². The molecule has 1 saturated heterocycles. The molecule has 2 N–H and O–H groups in total. The molecule has 1 atom stereocenters. The molecule has 22 heavy (non-hydrogen) atoms. The van der Waals surface area contributed by atoms with E-state index in [9.17, 15) is 0 Å². The molecule has 3 rings (SSSR count). The van der Waals surface area contributed by atoms with E-state index in [1.54, 1.807) is 0 Å². The second-order valence-corrected chi connectivity index (χ2v) is 5.73. The van der Waals surface area contributed by atoms with Crippen LogP contribution in [0.5, 0.6) is 0 Å². The summed E-state index contributed by atoms with van der Waals surface area (Å²) in [4.78, 5) is 2.41. The van der Waals surface area contributed by atoms with Gasteiger partial charge in [0.2, 0.25) is 0 Å². The Kier molecular flexibility index (Phi) is 4.57. The molecule has 0 saturated carbocycles. The highest BCUT2D eigenvalue weighted by Gasteiger charge is 2.27. The zero-order chi connectivity index (χ0) is 15.5. The summed E-state index contributed by atoms with van der Waals surface area (Å²) in [6.45, 7) is 8.22. The van der Waals surface area contributed by atoms with E-state index in [2.05, 4.69) is 30.9 Å². The number of nitrogens with two attached hydrogens (primary N) is 1. The molecule has 1 aromatic heterocycles. The lowest BCUT2D eigenvalue weighted by atomic mass is 10.0. The van der Waals surface area contributed by atoms with E-state index in [0.29, 0.717) is 6.54 Å². The Balaban J connectivity index is 1.97. The summed E-state index contributed by atoms with van der Waals surface area (Å²) in [6, 6.07) is 10.5. The zero-order valence-electron chi connectivity index (χ0n) is 13.3. The summed E-state index contributed by atoms with van der Waals surface area (Å²) in [5.74, 6) is 0. The molecule has 5 heteroatoms. The summed E-state index contributed by atoms with van der Waals surface area (Å²) >= 11 is 0. The molecular formula is C17H24N4O. The number of aromatic nitrogens is 2. The number of nitrogens with zero attached hydrogens (tertiary/aromatic N) is 3. The molecule has 5 nitrogen and oxygen atoms in total. The average molecular weight is 300 g/mol. The topological polar surface area (TPSA) is 56.3 Å². The van der Waals surface area contributed by atoms with Gasteiger partial charge in [-0.2, -0.15) is 5.10 Å². The largest absolute Gasteiger partial charge is 0.379 e. The number of morpholine rings is 1. The molecule has 1 unspecified atom stereocenters. The zero-order valence-corrected chi connectivity index (χ0v) is 13.3. The number of hydrogen-bond acceptors (Lipinski definition) is 4. The van der Waals surface area contributed by atoms with Gasteiger partial charge in [0.1, 0.15) is 0 Å². The summed E-state index contributed by atoms with van der Waals surface area (Å²) in [5, 5.41) is 4.75. The molecule has 0 amide bonds. The van der Waals surface area contributed by atoms with Crippen LogP contribution in [0.3, 0.4) is 0 Å². The third-order valence-corrected chi connectivity index (χ3v) is 4.39. The molecule has 0 bridgehead atoms. The first-order valence-corrected chi connectivity index (χ1v) is 7.85. The van der Waals surface area contributed by atoms with Gasteiger partial charge in [-0.1, -0.05) is 18.2 Å². The summed E-state index contributed by atoms with van der Waals surface area (Å²) in [7, 11) is 0. The normalized spacial score (nSPS) is 17.6. The Bertz CT molecular complexity index is 617. The van der Waals surface area contributed by atoms with E-state index in [1.807, 2.05) is 22.9 Å². The van der Waals surface area contributed by atoms with Crippen molar-refractivity contribution in [3.05, 3.63) is 47.3 Å². The van der Waals surface area contributed by atoms with Gasteiger partial charge < -0.3 is 10.5 Å². The van der Waals surface area contributed by atoms with Gasteiger partial charge in [0.15, 0.2) is 0 Å². The molecule has 1 aromatic carbocycles. The molecular weight excluding hydrogens is 276 g/mol. The van der Waals surface area contributed by atoms with Gasteiger partial charge in [-0.05, 0) is 26.0 Å². The first-order chi connectivity index (χ1) is 10.7. The smallest absolute Gasteiger partial charge is 0.0649 e. The average Bonchev–Trinajstić information content (AvgIpc) is 2.86. The van der Waals surface area contributed by atoms with E-state index in [1.165, 1.54) is 11.3 Å². The fraction of sp³-hybridized carbons (Fsp3) is 0.471. The highest BCUT2D eigenvalue weighted by Crippen LogP contribution is 2.28. The first kappa shape index (κ1) is 15.2. The molecule has 0 spiro atoms. The van der Waals surface area contributed by atoms with Gasteiger partial charge in [0, 0.05) is 30.9 Å². The van der Waals surface area contributed by atoms with Crippen LogP contribution in [0.4, 0.5) is 0 Å². The lowest BCUT2D eigenvalue weighted by molar-refractivity contribution is 0.0176. The van der Waals surface area contributed by atoms with Gasteiger partial charge in [0.05, 0.1) is 30.6 Å². The Labute approximate surface area is 131 Å². The molecule has 2 aromatic rings. The van der Waals surface area contributed by atoms with E-state index in [4.69, 9.17) is 15.6 Å². The van der Waals surface area contributed by atoms with E-state index >= 15 is 0 Å². The van der Waals surface area contributed by atoms with Crippen molar-refractivity contribution in [2.75, 3.05) is 32.8 Å². The van der Waals surface area contributed by atoms with Gasteiger partial charge in [-0.25, -0.2) is 4.68 Å². The van der Waals surface area contributed by atoms with Crippen LogP contribution in [0.15, 0.2) is 30.3 Å². The highest BCUT2D eigenvalue weighted by molar-refractivity contribution is 5.38. The van der Waals surface area contributed by atoms with Crippen molar-refractivity contribution >= 4 is 0 Å². The van der Waals surface area contributed by atoms with E-state index < -0.39 is 0 Å². The summed E-state index contributed by atoms with van der Waals surface area (Å²) in [6.07, 6.45) is 0. The molecule has 2 heterocycles. The van der Waals surface area contributed by atoms with Crippen molar-refractivity contribution in [1.82, 2.24) is 14.7 Å². The Morgan fingerprint density at radius 2 is 1.86 bits per heavy atom. The molecule has 0 aliphatic carbocycles. The van der Waals surface area contributed by atoms with Crippen molar-refractivity contribution in [3.63, 3.8) is 0 Å². The van der Waals surface area contributed by atoms with Gasteiger partial charge in [0.25, 0.3) is 0 Å². The number of aryl methyl sites for hydroxylation is 1. The molecule has 1 aliphatic rings. The van der Waals surface area contributed by atoms with E-state index in [0.717, 1.165) is 37.7 Å². The summed E-state index contributed by atoms with van der Waals surface area (Å²) in [5.41, 5.74) is 10.7. The number of ether oxygens (including phenoxy) is 1. The lowest BCUT2D eigenvalue weighted by Gasteiger charge is -2.34. The minimum Gasteiger partial charge on any atom is -0.379 e. The van der Waals surface area contributed by atoms with Crippen LogP contribution in [-0.2, 0) is 4.74 Å². The van der Waals surface area contributed by atoms with Gasteiger partial charge in [-0.3, -0.25) is 4.90 Å². The number of para-hydroxylation sites is 1. The number of rotatable bonds is 4. The van der Waals surface area contributed by atoms with Crippen LogP contribution in [0.25, 0.3) is 5.69 Å². The maximum absolute atomic E-state index is 6.10. The Morgan fingerprint density at radius 1 is 1.18 bits per heavy atom. The van der Waals surface area contributed by atoms with Gasteiger partial charge in [-0.15, -0.1) is 0 Å². The lowest BCUT2D eigenvalue weighted by Crippen LogP contribution is -2.42. The fourth-order valence-corrected chi connectivity index (χ4v) is 3.30. The van der Waals surface area contributed by atoms with Crippen LogP contribution in [0, 0.1) is 13.8 Å². The summed E-state index contributed by atoms with van der Waals surface area (Å²) < 4.78 is 7.48. The van der Waals surface area contributed by atoms with Crippen molar-refractivity contribution in [1.29, 1.82) is 0 Å². The first-order valence-electron chi connectivity index (χ1n) is 7.85. The number of benzene rings is 1. The third kappa shape index (κ3) is 2.79. The maximum atomic E-state index is 6.10. The van der Waals surface area contributed by atoms with Crippen LogP contribution < -0.4 is 5.73 Å². The van der Waals surface area contributed by atoms with Crippen molar-refractivity contribution < 1.29 is 4.74 Å². The van der Waals surface area contributed by atoms with Crippen LogP contribution >= 0.6 is 0 Å². The Hall–Kier alpha value is -1.69. The van der Waals surface area contributed by atoms with E-state index in [-0.39, 0.29) is 6.04 Å².